The Hall–Kier alpha value is -0.810. The molecule has 0 aliphatic carbocycles. The fourth-order valence-electron chi connectivity index (χ4n) is 2.28. The predicted octanol–water partition coefficient (Wildman–Crippen LogP) is 3.05. The van der Waals surface area contributed by atoms with Crippen molar-refractivity contribution in [3.63, 3.8) is 0 Å². The molecule has 0 radical (unpaired) electrons. The molecule has 1 rings (SSSR count). The Labute approximate surface area is 145 Å². The van der Waals surface area contributed by atoms with E-state index in [4.69, 9.17) is 16.3 Å². The molecular weight excluding hydrogens is 312 g/mol. The molecule has 0 fully saturated rings. The highest BCUT2D eigenvalue weighted by Gasteiger charge is 2.13. The average molecular weight is 343 g/mol. The maximum Gasteiger partial charge on any atom is 0.123 e. The summed E-state index contributed by atoms with van der Waals surface area (Å²) in [6.07, 6.45) is 0.541. The fourth-order valence-corrected chi connectivity index (χ4v) is 2.45. The van der Waals surface area contributed by atoms with Crippen LogP contribution in [0, 0.1) is 6.92 Å². The summed E-state index contributed by atoms with van der Waals surface area (Å²) in [4.78, 5) is 2.15. The minimum absolute atomic E-state index is 0.279. The summed E-state index contributed by atoms with van der Waals surface area (Å²) in [6.45, 7) is 8.93. The van der Waals surface area contributed by atoms with E-state index in [1.165, 1.54) is 0 Å². The smallest absolute Gasteiger partial charge is 0.123 e. The van der Waals surface area contributed by atoms with Crippen LogP contribution in [0.3, 0.4) is 0 Å². The van der Waals surface area contributed by atoms with Gasteiger partial charge in [-0.2, -0.15) is 0 Å². The van der Waals surface area contributed by atoms with E-state index in [1.54, 1.807) is 0 Å². The first-order chi connectivity index (χ1) is 10.8. The van der Waals surface area contributed by atoms with E-state index in [-0.39, 0.29) is 6.61 Å². The van der Waals surface area contributed by atoms with Crippen LogP contribution in [-0.2, 0) is 0 Å². The van der Waals surface area contributed by atoms with E-state index in [0.29, 0.717) is 12.5 Å². The van der Waals surface area contributed by atoms with Crippen molar-refractivity contribution in [1.82, 2.24) is 10.2 Å². The number of ether oxygens (including phenoxy) is 1. The van der Waals surface area contributed by atoms with E-state index >= 15 is 0 Å². The number of aryl methyl sites for hydroxylation is 1. The molecule has 0 saturated heterocycles. The molecule has 0 amide bonds. The average Bonchev–Trinajstić information content (AvgIpc) is 2.47. The molecule has 1 atom stereocenters. The van der Waals surface area contributed by atoms with Gasteiger partial charge in [0.05, 0.1) is 0 Å². The zero-order chi connectivity index (χ0) is 17.4. The van der Waals surface area contributed by atoms with E-state index in [2.05, 4.69) is 38.2 Å². The molecular formula is C18H31ClN2O2. The van der Waals surface area contributed by atoms with Gasteiger partial charge in [-0.25, -0.2) is 0 Å². The number of hydrogen-bond acceptors (Lipinski definition) is 4. The van der Waals surface area contributed by atoms with E-state index in [9.17, 15) is 5.11 Å². The standard InChI is InChI=1S/C18H31ClN2O2/c1-13(2)16-10-17(19)14(3)9-18(16)23-12-15(22)11-20-7-6-8-21(4)5/h9-10,13,15,20,22H,6-8,11-12H2,1-5H3/t15-/m0/s1. The quantitative estimate of drug-likeness (QED) is 0.641. The van der Waals surface area contributed by atoms with Crippen LogP contribution in [0.5, 0.6) is 5.75 Å². The molecule has 2 N–H and O–H groups in total. The van der Waals surface area contributed by atoms with Crippen LogP contribution in [0.15, 0.2) is 12.1 Å². The molecule has 0 aliphatic heterocycles. The minimum Gasteiger partial charge on any atom is -0.491 e. The lowest BCUT2D eigenvalue weighted by Crippen LogP contribution is -2.33. The zero-order valence-corrected chi connectivity index (χ0v) is 15.8. The van der Waals surface area contributed by atoms with Crippen molar-refractivity contribution in [2.45, 2.75) is 39.2 Å². The topological polar surface area (TPSA) is 44.7 Å². The molecule has 0 aromatic heterocycles. The summed E-state index contributed by atoms with van der Waals surface area (Å²) in [5, 5.41) is 14.1. The van der Waals surface area contributed by atoms with Gasteiger partial charge in [0.2, 0.25) is 0 Å². The summed E-state index contributed by atoms with van der Waals surface area (Å²) >= 11 is 6.19. The van der Waals surface area contributed by atoms with Crippen LogP contribution >= 0.6 is 11.6 Å². The Balaban J connectivity index is 2.43. The Morgan fingerprint density at radius 1 is 1.30 bits per heavy atom. The number of aliphatic hydroxyl groups excluding tert-OH is 1. The first-order valence-corrected chi connectivity index (χ1v) is 8.65. The number of aliphatic hydroxyl groups is 1. The summed E-state index contributed by atoms with van der Waals surface area (Å²) < 4.78 is 5.83. The Bertz CT molecular complexity index is 478. The third-order valence-electron chi connectivity index (χ3n) is 3.68. The van der Waals surface area contributed by atoms with Crippen LogP contribution in [0.2, 0.25) is 5.02 Å². The first-order valence-electron chi connectivity index (χ1n) is 8.27. The monoisotopic (exact) mass is 342 g/mol. The van der Waals surface area contributed by atoms with Gasteiger partial charge in [-0.05, 0) is 69.7 Å². The molecule has 4 nitrogen and oxygen atoms in total. The molecule has 1 aromatic carbocycles. The van der Waals surface area contributed by atoms with Gasteiger partial charge >= 0.3 is 0 Å². The molecule has 0 saturated carbocycles. The van der Waals surface area contributed by atoms with Gasteiger partial charge < -0.3 is 20.1 Å². The van der Waals surface area contributed by atoms with Crippen molar-refractivity contribution in [1.29, 1.82) is 0 Å². The van der Waals surface area contributed by atoms with Gasteiger partial charge in [0, 0.05) is 11.6 Å². The lowest BCUT2D eigenvalue weighted by Gasteiger charge is -2.18. The Morgan fingerprint density at radius 3 is 2.61 bits per heavy atom. The van der Waals surface area contributed by atoms with Crippen molar-refractivity contribution in [3.05, 3.63) is 28.3 Å². The maximum absolute atomic E-state index is 10.0. The number of nitrogens with one attached hydrogen (secondary N) is 1. The molecule has 0 heterocycles. The molecule has 0 bridgehead atoms. The van der Waals surface area contributed by atoms with Crippen molar-refractivity contribution in [2.24, 2.45) is 0 Å². The molecule has 0 unspecified atom stereocenters. The summed E-state index contributed by atoms with van der Waals surface area (Å²) in [7, 11) is 4.12. The van der Waals surface area contributed by atoms with Gasteiger partial charge in [-0.1, -0.05) is 25.4 Å². The largest absolute Gasteiger partial charge is 0.491 e. The molecule has 0 aliphatic rings. The van der Waals surface area contributed by atoms with E-state index in [0.717, 1.165) is 41.4 Å². The van der Waals surface area contributed by atoms with Gasteiger partial charge in [0.15, 0.2) is 0 Å². The van der Waals surface area contributed by atoms with Crippen molar-refractivity contribution >= 4 is 11.6 Å². The summed E-state index contributed by atoms with van der Waals surface area (Å²) in [6, 6.07) is 3.91. The van der Waals surface area contributed by atoms with Crippen LogP contribution < -0.4 is 10.1 Å². The Kier molecular flexibility index (Phi) is 8.92. The molecule has 23 heavy (non-hydrogen) atoms. The SMILES string of the molecule is Cc1cc(OC[C@@H](O)CNCCCN(C)C)c(C(C)C)cc1Cl. The highest BCUT2D eigenvalue weighted by Crippen LogP contribution is 2.32. The van der Waals surface area contributed by atoms with Gasteiger partial charge in [0.1, 0.15) is 18.5 Å². The molecule has 0 spiro atoms. The third kappa shape index (κ3) is 7.53. The summed E-state index contributed by atoms with van der Waals surface area (Å²) in [5.74, 6) is 1.14. The van der Waals surface area contributed by atoms with Crippen molar-refractivity contribution in [3.8, 4) is 5.75 Å². The lowest BCUT2D eigenvalue weighted by atomic mass is 10.0. The van der Waals surface area contributed by atoms with Gasteiger partial charge in [0.25, 0.3) is 0 Å². The van der Waals surface area contributed by atoms with Crippen molar-refractivity contribution < 1.29 is 9.84 Å². The minimum atomic E-state index is -0.523. The van der Waals surface area contributed by atoms with E-state index < -0.39 is 6.10 Å². The normalized spacial score (nSPS) is 12.9. The number of rotatable bonds is 10. The Morgan fingerprint density at radius 2 is 2.00 bits per heavy atom. The second-order valence-corrected chi connectivity index (χ2v) is 7.03. The lowest BCUT2D eigenvalue weighted by molar-refractivity contribution is 0.105. The number of benzene rings is 1. The zero-order valence-electron chi connectivity index (χ0n) is 15.0. The van der Waals surface area contributed by atoms with Crippen LogP contribution in [0.4, 0.5) is 0 Å². The number of hydrogen-bond donors (Lipinski definition) is 2. The van der Waals surface area contributed by atoms with Gasteiger partial charge in [-0.15, -0.1) is 0 Å². The summed E-state index contributed by atoms with van der Waals surface area (Å²) in [5.41, 5.74) is 2.06. The maximum atomic E-state index is 10.0. The van der Waals surface area contributed by atoms with Crippen LogP contribution in [0.25, 0.3) is 0 Å². The fraction of sp³-hybridized carbons (Fsp3) is 0.667. The van der Waals surface area contributed by atoms with E-state index in [1.807, 2.05) is 19.1 Å². The van der Waals surface area contributed by atoms with Crippen LogP contribution in [-0.4, -0.2) is 56.4 Å². The second-order valence-electron chi connectivity index (χ2n) is 6.62. The number of halogens is 1. The predicted molar refractivity (Wildman–Crippen MR) is 97.8 cm³/mol. The third-order valence-corrected chi connectivity index (χ3v) is 4.09. The first kappa shape index (κ1) is 20.2. The second kappa shape index (κ2) is 10.1. The number of nitrogens with zero attached hydrogens (tertiary/aromatic N) is 1. The highest BCUT2D eigenvalue weighted by atomic mass is 35.5. The molecule has 5 heteroatoms. The van der Waals surface area contributed by atoms with Crippen LogP contribution in [0.1, 0.15) is 37.3 Å². The highest BCUT2D eigenvalue weighted by molar-refractivity contribution is 6.31. The van der Waals surface area contributed by atoms with Crippen molar-refractivity contribution in [2.75, 3.05) is 40.3 Å². The van der Waals surface area contributed by atoms with Gasteiger partial charge in [-0.3, -0.25) is 0 Å². The molecule has 1 aromatic rings. The molecule has 132 valence electrons.